The molecule has 0 bridgehead atoms. The number of carboxylic acid groups (broad SMARTS) is 2. The van der Waals surface area contributed by atoms with E-state index in [-0.39, 0.29) is 11.7 Å². The Morgan fingerprint density at radius 3 is 2.14 bits per heavy atom. The van der Waals surface area contributed by atoms with Crippen LogP contribution in [0.25, 0.3) is 0 Å². The van der Waals surface area contributed by atoms with Crippen LogP contribution in [-0.4, -0.2) is 69.8 Å². The third kappa shape index (κ3) is 5.45. The first kappa shape index (κ1) is 18.1. The van der Waals surface area contributed by atoms with E-state index in [4.69, 9.17) is 20.2 Å². The van der Waals surface area contributed by atoms with Gasteiger partial charge in [0, 0.05) is 31.7 Å². The summed E-state index contributed by atoms with van der Waals surface area (Å²) in [5.41, 5.74) is 0.766. The first-order valence-electron chi connectivity index (χ1n) is 6.99. The Labute approximate surface area is 128 Å². The summed E-state index contributed by atoms with van der Waals surface area (Å²) in [6.07, 6.45) is 4.01. The molecule has 0 amide bonds. The van der Waals surface area contributed by atoms with Gasteiger partial charge >= 0.3 is 11.9 Å². The molecule has 2 rings (SSSR count). The maximum Gasteiger partial charge on any atom is 0.328 e. The fourth-order valence-electron chi connectivity index (χ4n) is 2.54. The fraction of sp³-hybridized carbons (Fsp3) is 0.643. The van der Waals surface area contributed by atoms with Crippen molar-refractivity contribution >= 4 is 17.7 Å². The largest absolute Gasteiger partial charge is 0.478 e. The van der Waals surface area contributed by atoms with Gasteiger partial charge < -0.3 is 25.1 Å². The van der Waals surface area contributed by atoms with Gasteiger partial charge in [-0.3, -0.25) is 0 Å². The quantitative estimate of drug-likeness (QED) is 0.392. The van der Waals surface area contributed by atoms with Crippen LogP contribution in [0.1, 0.15) is 26.2 Å². The minimum absolute atomic E-state index is 0.0107. The van der Waals surface area contributed by atoms with Crippen molar-refractivity contribution in [2.45, 2.75) is 37.9 Å². The number of hydrogen-bond acceptors (Lipinski definition) is 6. The molecule has 3 N–H and O–H groups in total. The number of nitrogens with zero attached hydrogens (tertiary/aromatic N) is 2. The number of carboxylic acids is 2. The smallest absolute Gasteiger partial charge is 0.328 e. The topological polar surface area (TPSA) is 120 Å². The van der Waals surface area contributed by atoms with Crippen molar-refractivity contribution in [3.05, 3.63) is 12.2 Å². The van der Waals surface area contributed by atoms with Crippen molar-refractivity contribution in [3.63, 3.8) is 0 Å². The lowest BCUT2D eigenvalue weighted by atomic mass is 9.88. The van der Waals surface area contributed by atoms with Gasteiger partial charge in [-0.1, -0.05) is 5.16 Å². The maximum absolute atomic E-state index is 9.55. The van der Waals surface area contributed by atoms with E-state index in [0.717, 1.165) is 38.1 Å². The average Bonchev–Trinajstić information content (AvgIpc) is 2.77. The van der Waals surface area contributed by atoms with E-state index in [9.17, 15) is 9.59 Å². The Bertz CT molecular complexity index is 450. The number of piperidine rings is 1. The Morgan fingerprint density at radius 2 is 1.77 bits per heavy atom. The molecule has 0 radical (unpaired) electrons. The molecule has 2 saturated heterocycles. The summed E-state index contributed by atoms with van der Waals surface area (Å²) in [7, 11) is 2.13. The normalized spacial score (nSPS) is 26.1. The standard InChI is InChI=1S/C10H18N2O2.C4H4O4/c1-8-9(11-13)7-10(14-8)3-5-12(2)6-4-10;5-3(6)1-2-4(7)8/h8,13H,3-7H2,1-2H3;1-2H,(H,5,6)(H,7,8). The maximum atomic E-state index is 9.55. The molecule has 0 aliphatic carbocycles. The van der Waals surface area contributed by atoms with Gasteiger partial charge in [0.1, 0.15) is 0 Å². The highest BCUT2D eigenvalue weighted by molar-refractivity contribution is 5.90. The van der Waals surface area contributed by atoms with Gasteiger partial charge in [0.05, 0.1) is 17.4 Å². The lowest BCUT2D eigenvalue weighted by Crippen LogP contribution is -2.42. The fourth-order valence-corrected chi connectivity index (χ4v) is 2.54. The van der Waals surface area contributed by atoms with Crippen LogP contribution in [0.3, 0.4) is 0 Å². The van der Waals surface area contributed by atoms with Crippen LogP contribution >= 0.6 is 0 Å². The number of hydrogen-bond donors (Lipinski definition) is 3. The molecule has 2 fully saturated rings. The van der Waals surface area contributed by atoms with Gasteiger partial charge in [0.25, 0.3) is 0 Å². The third-order valence-corrected chi connectivity index (χ3v) is 3.79. The van der Waals surface area contributed by atoms with Gasteiger partial charge in [0.2, 0.25) is 0 Å². The number of aliphatic carboxylic acids is 2. The van der Waals surface area contributed by atoms with Crippen molar-refractivity contribution < 1.29 is 29.7 Å². The lowest BCUT2D eigenvalue weighted by molar-refractivity contribution is -0.134. The third-order valence-electron chi connectivity index (χ3n) is 3.79. The predicted octanol–water partition coefficient (Wildman–Crippen LogP) is 0.802. The van der Waals surface area contributed by atoms with Gasteiger partial charge in [0.15, 0.2) is 0 Å². The van der Waals surface area contributed by atoms with Crippen LogP contribution in [-0.2, 0) is 14.3 Å². The zero-order chi connectivity index (χ0) is 16.8. The Kier molecular flexibility index (Phi) is 6.51. The molecule has 2 heterocycles. The second-order valence-corrected chi connectivity index (χ2v) is 5.52. The summed E-state index contributed by atoms with van der Waals surface area (Å²) in [5, 5.41) is 27.7. The molecule has 0 saturated carbocycles. The van der Waals surface area contributed by atoms with Crippen molar-refractivity contribution in [1.29, 1.82) is 0 Å². The summed E-state index contributed by atoms with van der Waals surface area (Å²) in [6.45, 7) is 4.11. The minimum atomic E-state index is -1.26. The number of rotatable bonds is 2. The lowest BCUT2D eigenvalue weighted by Gasteiger charge is -2.36. The van der Waals surface area contributed by atoms with Crippen molar-refractivity contribution in [2.75, 3.05) is 20.1 Å². The van der Waals surface area contributed by atoms with Crippen LogP contribution in [0.5, 0.6) is 0 Å². The predicted molar refractivity (Wildman–Crippen MR) is 78.3 cm³/mol. The Morgan fingerprint density at radius 1 is 1.27 bits per heavy atom. The molecule has 22 heavy (non-hydrogen) atoms. The van der Waals surface area contributed by atoms with Crippen molar-refractivity contribution in [3.8, 4) is 0 Å². The summed E-state index contributed by atoms with van der Waals surface area (Å²) in [6, 6.07) is 0. The first-order chi connectivity index (χ1) is 10.3. The molecule has 124 valence electrons. The van der Waals surface area contributed by atoms with Gasteiger partial charge in [-0.25, -0.2) is 9.59 Å². The van der Waals surface area contributed by atoms with Crippen molar-refractivity contribution in [1.82, 2.24) is 4.90 Å². The first-order valence-corrected chi connectivity index (χ1v) is 6.99. The highest BCUT2D eigenvalue weighted by Crippen LogP contribution is 2.37. The number of carbonyl (C=O) groups is 2. The number of ether oxygens (including phenoxy) is 1. The van der Waals surface area contributed by atoms with Crippen LogP contribution in [0, 0.1) is 0 Å². The molecule has 8 heteroatoms. The Hall–Kier alpha value is -1.93. The van der Waals surface area contributed by atoms with E-state index in [1.807, 2.05) is 6.92 Å². The highest BCUT2D eigenvalue weighted by Gasteiger charge is 2.44. The molecule has 2 aliphatic rings. The number of likely N-dealkylation sites (tertiary alicyclic amines) is 1. The molecule has 2 aliphatic heterocycles. The highest BCUT2D eigenvalue weighted by atomic mass is 16.5. The summed E-state index contributed by atoms with van der Waals surface area (Å²) < 4.78 is 5.92. The molecule has 0 aromatic heterocycles. The van der Waals surface area contributed by atoms with Crippen LogP contribution < -0.4 is 0 Å². The van der Waals surface area contributed by atoms with Gasteiger partial charge in [-0.05, 0) is 26.8 Å². The molecule has 1 unspecified atom stereocenters. The molecule has 0 aromatic rings. The van der Waals surface area contributed by atoms with Crippen LogP contribution in [0.15, 0.2) is 17.3 Å². The van der Waals surface area contributed by atoms with Crippen molar-refractivity contribution in [2.24, 2.45) is 5.16 Å². The van der Waals surface area contributed by atoms with E-state index in [1.54, 1.807) is 0 Å². The van der Waals surface area contributed by atoms with E-state index in [2.05, 4.69) is 17.1 Å². The van der Waals surface area contributed by atoms with Gasteiger partial charge in [-0.2, -0.15) is 0 Å². The molecule has 1 atom stereocenters. The number of oxime groups is 1. The van der Waals surface area contributed by atoms with E-state index in [1.165, 1.54) is 0 Å². The second-order valence-electron chi connectivity index (χ2n) is 5.52. The molecular formula is C14H22N2O6. The molecular weight excluding hydrogens is 292 g/mol. The second kappa shape index (κ2) is 7.90. The minimum Gasteiger partial charge on any atom is -0.478 e. The van der Waals surface area contributed by atoms with E-state index in [0.29, 0.717) is 12.2 Å². The molecule has 0 aromatic carbocycles. The van der Waals surface area contributed by atoms with Gasteiger partial charge in [-0.15, -0.1) is 0 Å². The zero-order valence-electron chi connectivity index (χ0n) is 12.7. The SMILES string of the molecule is CC1OC2(CCN(C)CC2)CC1=NO.O=C(O)C=CC(=O)O. The van der Waals surface area contributed by atoms with E-state index < -0.39 is 11.9 Å². The van der Waals surface area contributed by atoms with Crippen LogP contribution in [0.4, 0.5) is 0 Å². The molecule has 8 nitrogen and oxygen atoms in total. The monoisotopic (exact) mass is 314 g/mol. The molecule has 1 spiro atoms. The Balaban J connectivity index is 0.000000261. The van der Waals surface area contributed by atoms with E-state index >= 15 is 0 Å². The summed E-state index contributed by atoms with van der Waals surface area (Å²) in [5.74, 6) is -2.51. The van der Waals surface area contributed by atoms with Crippen LogP contribution in [0.2, 0.25) is 0 Å². The summed E-state index contributed by atoms with van der Waals surface area (Å²) >= 11 is 0. The summed E-state index contributed by atoms with van der Waals surface area (Å²) in [4.78, 5) is 21.4. The average molecular weight is 314 g/mol. The zero-order valence-corrected chi connectivity index (χ0v) is 12.7.